The molecule has 0 saturated carbocycles. The summed E-state index contributed by atoms with van der Waals surface area (Å²) in [5, 5.41) is 8.49. The zero-order chi connectivity index (χ0) is 14.5. The normalized spacial score (nSPS) is 11.9. The van der Waals surface area contributed by atoms with Gasteiger partial charge in [-0.2, -0.15) is 0 Å². The molecule has 0 radical (unpaired) electrons. The van der Waals surface area contributed by atoms with Crippen molar-refractivity contribution in [3.05, 3.63) is 46.2 Å². The van der Waals surface area contributed by atoms with E-state index < -0.39 is 0 Å². The molecule has 1 aromatic heterocycles. The molecule has 0 aliphatic heterocycles. The Morgan fingerprint density at radius 3 is 2.75 bits per heavy atom. The molecule has 0 spiro atoms. The SMILES string of the molecule is CCC(Nc1ccc(C)c(NC(C)=O)c1)c1cccs1. The minimum Gasteiger partial charge on any atom is -0.377 e. The molecule has 1 unspecified atom stereocenters. The van der Waals surface area contributed by atoms with E-state index in [0.717, 1.165) is 23.4 Å². The number of carbonyl (C=O) groups excluding carboxylic acids is 1. The van der Waals surface area contributed by atoms with E-state index in [9.17, 15) is 4.79 Å². The second-order valence-corrected chi connectivity index (χ2v) is 5.81. The van der Waals surface area contributed by atoms with Crippen molar-refractivity contribution in [3.63, 3.8) is 0 Å². The third-order valence-corrected chi connectivity index (χ3v) is 4.17. The Bertz CT molecular complexity index is 578. The van der Waals surface area contributed by atoms with Crippen LogP contribution in [0.5, 0.6) is 0 Å². The van der Waals surface area contributed by atoms with Crippen LogP contribution in [0, 0.1) is 6.92 Å². The average Bonchev–Trinajstić information content (AvgIpc) is 2.93. The molecule has 3 nitrogen and oxygen atoms in total. The summed E-state index contributed by atoms with van der Waals surface area (Å²) < 4.78 is 0. The van der Waals surface area contributed by atoms with Crippen molar-refractivity contribution in [2.24, 2.45) is 0 Å². The summed E-state index contributed by atoms with van der Waals surface area (Å²) in [7, 11) is 0. The fourth-order valence-corrected chi connectivity index (χ4v) is 2.96. The van der Waals surface area contributed by atoms with Crippen LogP contribution in [0.3, 0.4) is 0 Å². The van der Waals surface area contributed by atoms with E-state index in [2.05, 4.69) is 41.1 Å². The van der Waals surface area contributed by atoms with Crippen molar-refractivity contribution >= 4 is 28.6 Å². The Morgan fingerprint density at radius 1 is 1.35 bits per heavy atom. The van der Waals surface area contributed by atoms with Crippen LogP contribution in [0.1, 0.15) is 36.8 Å². The smallest absolute Gasteiger partial charge is 0.221 e. The molecule has 1 atom stereocenters. The number of thiophene rings is 1. The summed E-state index contributed by atoms with van der Waals surface area (Å²) in [4.78, 5) is 12.5. The molecule has 4 heteroatoms. The van der Waals surface area contributed by atoms with Gasteiger partial charge < -0.3 is 10.6 Å². The highest BCUT2D eigenvalue weighted by Gasteiger charge is 2.11. The number of amides is 1. The summed E-state index contributed by atoms with van der Waals surface area (Å²) in [6.45, 7) is 5.69. The maximum absolute atomic E-state index is 11.2. The van der Waals surface area contributed by atoms with Crippen LogP contribution in [-0.4, -0.2) is 5.91 Å². The first-order valence-corrected chi connectivity index (χ1v) is 7.66. The van der Waals surface area contributed by atoms with Crippen LogP contribution < -0.4 is 10.6 Å². The van der Waals surface area contributed by atoms with E-state index in [4.69, 9.17) is 0 Å². The highest BCUT2D eigenvalue weighted by atomic mass is 32.1. The Kier molecular flexibility index (Phi) is 4.79. The first-order chi connectivity index (χ1) is 9.60. The van der Waals surface area contributed by atoms with Gasteiger partial charge >= 0.3 is 0 Å². The van der Waals surface area contributed by atoms with Gasteiger partial charge in [-0.25, -0.2) is 0 Å². The first-order valence-electron chi connectivity index (χ1n) is 6.78. The lowest BCUT2D eigenvalue weighted by atomic mass is 10.1. The number of anilines is 2. The lowest BCUT2D eigenvalue weighted by Crippen LogP contribution is -2.10. The van der Waals surface area contributed by atoms with Crippen molar-refractivity contribution in [2.75, 3.05) is 10.6 Å². The number of aryl methyl sites for hydroxylation is 1. The number of benzene rings is 1. The molecule has 1 heterocycles. The highest BCUT2D eigenvalue weighted by Crippen LogP contribution is 2.28. The van der Waals surface area contributed by atoms with Gasteiger partial charge in [-0.3, -0.25) is 4.79 Å². The Hall–Kier alpha value is -1.81. The fourth-order valence-electron chi connectivity index (χ4n) is 2.10. The van der Waals surface area contributed by atoms with Gasteiger partial charge in [0.15, 0.2) is 0 Å². The predicted octanol–water partition coefficient (Wildman–Crippen LogP) is 4.58. The van der Waals surface area contributed by atoms with Gasteiger partial charge in [0.25, 0.3) is 0 Å². The van der Waals surface area contributed by atoms with E-state index in [1.807, 2.05) is 19.1 Å². The maximum Gasteiger partial charge on any atom is 0.221 e. The van der Waals surface area contributed by atoms with Gasteiger partial charge in [0, 0.05) is 23.2 Å². The van der Waals surface area contributed by atoms with Gasteiger partial charge in [0.1, 0.15) is 0 Å². The third kappa shape index (κ3) is 3.61. The Balaban J connectivity index is 2.18. The molecule has 20 heavy (non-hydrogen) atoms. The fraction of sp³-hybridized carbons (Fsp3) is 0.312. The second-order valence-electron chi connectivity index (χ2n) is 4.83. The molecule has 1 amide bonds. The number of nitrogens with one attached hydrogen (secondary N) is 2. The lowest BCUT2D eigenvalue weighted by Gasteiger charge is -2.18. The van der Waals surface area contributed by atoms with Crippen molar-refractivity contribution in [2.45, 2.75) is 33.2 Å². The number of carbonyl (C=O) groups is 1. The monoisotopic (exact) mass is 288 g/mol. The molecule has 106 valence electrons. The number of rotatable bonds is 5. The van der Waals surface area contributed by atoms with E-state index in [1.165, 1.54) is 11.8 Å². The zero-order valence-electron chi connectivity index (χ0n) is 12.1. The quantitative estimate of drug-likeness (QED) is 0.845. The summed E-state index contributed by atoms with van der Waals surface area (Å²) in [6.07, 6.45) is 1.02. The predicted molar refractivity (Wildman–Crippen MR) is 86.5 cm³/mol. The molecule has 1 aromatic carbocycles. The van der Waals surface area contributed by atoms with Crippen molar-refractivity contribution in [1.29, 1.82) is 0 Å². The Morgan fingerprint density at radius 2 is 2.15 bits per heavy atom. The van der Waals surface area contributed by atoms with E-state index in [0.29, 0.717) is 6.04 Å². The number of hydrogen-bond acceptors (Lipinski definition) is 3. The molecule has 0 bridgehead atoms. The van der Waals surface area contributed by atoms with Crippen molar-refractivity contribution < 1.29 is 4.79 Å². The third-order valence-electron chi connectivity index (χ3n) is 3.18. The van der Waals surface area contributed by atoms with Crippen LogP contribution in [-0.2, 0) is 4.79 Å². The van der Waals surface area contributed by atoms with Crippen molar-refractivity contribution in [1.82, 2.24) is 0 Å². The van der Waals surface area contributed by atoms with Crippen LogP contribution in [0.4, 0.5) is 11.4 Å². The molecule has 2 N–H and O–H groups in total. The van der Waals surface area contributed by atoms with Gasteiger partial charge in [0.2, 0.25) is 5.91 Å². The highest BCUT2D eigenvalue weighted by molar-refractivity contribution is 7.10. The molecule has 2 rings (SSSR count). The average molecular weight is 288 g/mol. The molecule has 0 aliphatic carbocycles. The summed E-state index contributed by atoms with van der Waals surface area (Å²) in [6, 6.07) is 10.6. The standard InChI is InChI=1S/C16H20N2OS/c1-4-14(16-6-5-9-20-16)18-13-8-7-11(2)15(10-13)17-12(3)19/h5-10,14,18H,4H2,1-3H3,(H,17,19). The topological polar surface area (TPSA) is 41.1 Å². The molecule has 2 aromatic rings. The van der Waals surface area contributed by atoms with E-state index in [1.54, 1.807) is 11.3 Å². The minimum absolute atomic E-state index is 0.0458. The van der Waals surface area contributed by atoms with Gasteiger partial charge in [0.05, 0.1) is 6.04 Å². The van der Waals surface area contributed by atoms with E-state index >= 15 is 0 Å². The van der Waals surface area contributed by atoms with Crippen molar-refractivity contribution in [3.8, 4) is 0 Å². The molecule has 0 fully saturated rings. The largest absolute Gasteiger partial charge is 0.377 e. The summed E-state index contributed by atoms with van der Waals surface area (Å²) >= 11 is 1.76. The lowest BCUT2D eigenvalue weighted by molar-refractivity contribution is -0.114. The number of hydrogen-bond donors (Lipinski definition) is 2. The second kappa shape index (κ2) is 6.57. The zero-order valence-corrected chi connectivity index (χ0v) is 12.9. The van der Waals surface area contributed by atoms with Gasteiger partial charge in [-0.1, -0.05) is 19.1 Å². The van der Waals surface area contributed by atoms with Crippen LogP contribution in [0.2, 0.25) is 0 Å². The first kappa shape index (κ1) is 14.6. The molecule has 0 aliphatic rings. The molecular formula is C16H20N2OS. The van der Waals surface area contributed by atoms with Crippen LogP contribution in [0.15, 0.2) is 35.7 Å². The van der Waals surface area contributed by atoms with Crippen LogP contribution >= 0.6 is 11.3 Å². The van der Waals surface area contributed by atoms with E-state index in [-0.39, 0.29) is 5.91 Å². The molecule has 0 saturated heterocycles. The van der Waals surface area contributed by atoms with Gasteiger partial charge in [-0.15, -0.1) is 11.3 Å². The summed E-state index contributed by atoms with van der Waals surface area (Å²) in [5.74, 6) is -0.0458. The summed E-state index contributed by atoms with van der Waals surface area (Å²) in [5.41, 5.74) is 2.96. The maximum atomic E-state index is 11.2. The Labute approximate surface area is 124 Å². The molecular weight excluding hydrogens is 268 g/mol. The van der Waals surface area contributed by atoms with Gasteiger partial charge in [-0.05, 0) is 42.5 Å². The minimum atomic E-state index is -0.0458. The van der Waals surface area contributed by atoms with Crippen LogP contribution in [0.25, 0.3) is 0 Å².